The first-order chi connectivity index (χ1) is 6.86. The number of halogens is 4. The third-order valence-corrected chi connectivity index (χ3v) is 1.66. The van der Waals surface area contributed by atoms with Crippen LogP contribution in [0.25, 0.3) is 0 Å². The molecule has 0 aliphatic heterocycles. The molecular formula is C7H4ClF3N2O2. The number of hydrogen-bond donors (Lipinski definition) is 0. The van der Waals surface area contributed by atoms with Crippen molar-refractivity contribution < 1.29 is 22.7 Å². The van der Waals surface area contributed by atoms with Gasteiger partial charge in [-0.15, -0.1) is 0 Å². The molecule has 15 heavy (non-hydrogen) atoms. The number of methoxy groups -OCH3 is 1. The zero-order valence-corrected chi connectivity index (χ0v) is 8.06. The summed E-state index contributed by atoms with van der Waals surface area (Å²) in [7, 11) is 1.25. The Balaban J connectivity index is 3.08. The molecule has 0 radical (unpaired) electrons. The summed E-state index contributed by atoms with van der Waals surface area (Å²) in [6.45, 7) is 0. The standard InChI is InChI=1S/C7H4ClF3N2O2/c1-15-3-2-12-6(13-5(3)8)4(14)7(9,10)11/h2H,1H3. The van der Waals surface area contributed by atoms with E-state index in [1.165, 1.54) is 7.11 Å². The van der Waals surface area contributed by atoms with Gasteiger partial charge in [-0.3, -0.25) is 4.79 Å². The lowest BCUT2D eigenvalue weighted by Crippen LogP contribution is -2.25. The molecular weight excluding hydrogens is 237 g/mol. The molecule has 1 rings (SSSR count). The molecule has 82 valence electrons. The van der Waals surface area contributed by atoms with E-state index in [2.05, 4.69) is 14.7 Å². The number of carbonyl (C=O) groups excluding carboxylic acids is 1. The number of Topliss-reactive ketones (excluding diaryl/α,β-unsaturated/α-hetero) is 1. The lowest BCUT2D eigenvalue weighted by Gasteiger charge is -2.05. The fourth-order valence-electron chi connectivity index (χ4n) is 0.723. The second kappa shape index (κ2) is 4.01. The normalized spacial score (nSPS) is 11.3. The van der Waals surface area contributed by atoms with E-state index < -0.39 is 17.8 Å². The summed E-state index contributed by atoms with van der Waals surface area (Å²) >= 11 is 5.43. The van der Waals surface area contributed by atoms with Crippen LogP contribution in [0.5, 0.6) is 5.75 Å². The lowest BCUT2D eigenvalue weighted by atomic mass is 10.3. The highest BCUT2D eigenvalue weighted by Gasteiger charge is 2.41. The first-order valence-electron chi connectivity index (χ1n) is 3.54. The van der Waals surface area contributed by atoms with Gasteiger partial charge in [-0.1, -0.05) is 11.6 Å². The zero-order chi connectivity index (χ0) is 11.6. The average Bonchev–Trinajstić information content (AvgIpc) is 2.15. The van der Waals surface area contributed by atoms with Crippen LogP contribution in [-0.2, 0) is 0 Å². The minimum Gasteiger partial charge on any atom is -0.492 e. The number of aromatic nitrogens is 2. The highest BCUT2D eigenvalue weighted by molar-refractivity contribution is 6.30. The maximum absolute atomic E-state index is 11.9. The van der Waals surface area contributed by atoms with Crippen LogP contribution in [0, 0.1) is 0 Å². The SMILES string of the molecule is COc1cnc(C(=O)C(F)(F)F)nc1Cl. The molecule has 8 heteroatoms. The summed E-state index contributed by atoms with van der Waals surface area (Å²) in [5.41, 5.74) is 0. The van der Waals surface area contributed by atoms with Crippen molar-refractivity contribution in [1.29, 1.82) is 0 Å². The molecule has 0 amide bonds. The second-order valence-corrected chi connectivity index (χ2v) is 2.74. The van der Waals surface area contributed by atoms with E-state index in [1.54, 1.807) is 0 Å². The lowest BCUT2D eigenvalue weighted by molar-refractivity contribution is -0.0891. The van der Waals surface area contributed by atoms with Gasteiger partial charge in [0.15, 0.2) is 10.9 Å². The van der Waals surface area contributed by atoms with Crippen LogP contribution in [-0.4, -0.2) is 29.0 Å². The Morgan fingerprint density at radius 1 is 1.53 bits per heavy atom. The molecule has 0 aromatic carbocycles. The summed E-state index contributed by atoms with van der Waals surface area (Å²) in [4.78, 5) is 17.0. The monoisotopic (exact) mass is 240 g/mol. The fraction of sp³-hybridized carbons (Fsp3) is 0.286. The molecule has 1 aromatic heterocycles. The van der Waals surface area contributed by atoms with Crippen molar-refractivity contribution in [3.63, 3.8) is 0 Å². The topological polar surface area (TPSA) is 52.1 Å². The quantitative estimate of drug-likeness (QED) is 0.585. The number of nitrogens with zero attached hydrogens (tertiary/aromatic N) is 2. The van der Waals surface area contributed by atoms with E-state index in [0.717, 1.165) is 6.20 Å². The van der Waals surface area contributed by atoms with Crippen LogP contribution < -0.4 is 4.74 Å². The summed E-state index contributed by atoms with van der Waals surface area (Å²) in [5.74, 6) is -3.16. The van der Waals surface area contributed by atoms with Gasteiger partial charge in [-0.05, 0) is 0 Å². The van der Waals surface area contributed by atoms with Gasteiger partial charge < -0.3 is 4.74 Å². The predicted octanol–water partition coefficient (Wildman–Crippen LogP) is 1.88. The first-order valence-corrected chi connectivity index (χ1v) is 3.92. The Hall–Kier alpha value is -1.37. The third-order valence-electron chi connectivity index (χ3n) is 1.39. The molecule has 4 nitrogen and oxygen atoms in total. The number of ether oxygens (including phenoxy) is 1. The maximum Gasteiger partial charge on any atom is 0.458 e. The number of carbonyl (C=O) groups is 1. The Labute approximate surface area is 87.0 Å². The minimum absolute atomic E-state index is 0.00427. The van der Waals surface area contributed by atoms with Gasteiger partial charge in [0, 0.05) is 0 Å². The molecule has 0 saturated heterocycles. The van der Waals surface area contributed by atoms with Gasteiger partial charge in [0.2, 0.25) is 5.82 Å². The number of hydrogen-bond acceptors (Lipinski definition) is 4. The maximum atomic E-state index is 11.9. The van der Waals surface area contributed by atoms with Crippen LogP contribution in [0.15, 0.2) is 6.20 Å². The van der Waals surface area contributed by atoms with Crippen LogP contribution in [0.4, 0.5) is 13.2 Å². The molecule has 0 bridgehead atoms. The van der Waals surface area contributed by atoms with Crippen LogP contribution in [0.1, 0.15) is 10.6 Å². The van der Waals surface area contributed by atoms with E-state index >= 15 is 0 Å². The zero-order valence-electron chi connectivity index (χ0n) is 7.30. The smallest absolute Gasteiger partial charge is 0.458 e. The van der Waals surface area contributed by atoms with E-state index in [0.29, 0.717) is 0 Å². The summed E-state index contributed by atoms with van der Waals surface area (Å²) in [6.07, 6.45) is -4.12. The largest absolute Gasteiger partial charge is 0.492 e. The molecule has 0 fully saturated rings. The van der Waals surface area contributed by atoms with E-state index in [4.69, 9.17) is 11.6 Å². The number of ketones is 1. The predicted molar refractivity (Wildman–Crippen MR) is 44.0 cm³/mol. The molecule has 1 aromatic rings. The van der Waals surface area contributed by atoms with Crippen molar-refractivity contribution in [1.82, 2.24) is 9.97 Å². The van der Waals surface area contributed by atoms with E-state index in [-0.39, 0.29) is 10.9 Å². The molecule has 0 aliphatic rings. The van der Waals surface area contributed by atoms with Crippen molar-refractivity contribution in [2.24, 2.45) is 0 Å². The molecule has 0 spiro atoms. The van der Waals surface area contributed by atoms with E-state index in [9.17, 15) is 18.0 Å². The van der Waals surface area contributed by atoms with Crippen LogP contribution in [0.2, 0.25) is 5.15 Å². The van der Waals surface area contributed by atoms with Crippen LogP contribution >= 0.6 is 11.6 Å². The van der Waals surface area contributed by atoms with Gasteiger partial charge >= 0.3 is 12.0 Å². The highest BCUT2D eigenvalue weighted by Crippen LogP contribution is 2.23. The van der Waals surface area contributed by atoms with Crippen molar-refractivity contribution in [3.05, 3.63) is 17.2 Å². The number of rotatable bonds is 2. The molecule has 0 N–H and O–H groups in total. The molecule has 1 heterocycles. The molecule has 0 unspecified atom stereocenters. The van der Waals surface area contributed by atoms with Gasteiger partial charge in [0.05, 0.1) is 13.3 Å². The van der Waals surface area contributed by atoms with Gasteiger partial charge in [-0.25, -0.2) is 9.97 Å². The molecule has 0 atom stereocenters. The number of alkyl halides is 3. The van der Waals surface area contributed by atoms with Gasteiger partial charge in [0.1, 0.15) is 0 Å². The summed E-state index contributed by atoms with van der Waals surface area (Å²) < 4.78 is 40.5. The van der Waals surface area contributed by atoms with Crippen molar-refractivity contribution in [2.45, 2.75) is 6.18 Å². The summed E-state index contributed by atoms with van der Waals surface area (Å²) in [6, 6.07) is 0. The Bertz CT molecular complexity index is 394. The Morgan fingerprint density at radius 3 is 2.53 bits per heavy atom. The van der Waals surface area contributed by atoms with E-state index in [1.807, 2.05) is 0 Å². The molecule has 0 saturated carbocycles. The summed E-state index contributed by atoms with van der Waals surface area (Å²) in [5, 5.41) is -0.347. The molecule has 0 aliphatic carbocycles. The average molecular weight is 241 g/mol. The van der Waals surface area contributed by atoms with Crippen molar-refractivity contribution in [2.75, 3.05) is 7.11 Å². The Morgan fingerprint density at radius 2 is 2.13 bits per heavy atom. The van der Waals surface area contributed by atoms with Crippen molar-refractivity contribution >= 4 is 17.4 Å². The van der Waals surface area contributed by atoms with Gasteiger partial charge in [0.25, 0.3) is 0 Å². The Kier molecular flexibility index (Phi) is 3.13. The second-order valence-electron chi connectivity index (χ2n) is 2.38. The fourth-order valence-corrected chi connectivity index (χ4v) is 0.929. The van der Waals surface area contributed by atoms with Crippen LogP contribution in [0.3, 0.4) is 0 Å². The highest BCUT2D eigenvalue weighted by atomic mass is 35.5. The van der Waals surface area contributed by atoms with Gasteiger partial charge in [-0.2, -0.15) is 13.2 Å². The van der Waals surface area contributed by atoms with Crippen molar-refractivity contribution in [3.8, 4) is 5.75 Å². The third kappa shape index (κ3) is 2.56. The first kappa shape index (κ1) is 11.7. The minimum atomic E-state index is -5.02.